The van der Waals surface area contributed by atoms with Gasteiger partial charge in [-0.1, -0.05) is 207 Å². The third-order valence-corrected chi connectivity index (χ3v) is 15.3. The van der Waals surface area contributed by atoms with Crippen LogP contribution in [0.25, 0.3) is 50.1 Å². The SMILES string of the molecule is CC(C)(C)c1ccnc(-n2c3[c-]c(Oc4[c-]c(-n5[c-][n+](-c6cc(C(C)(C)c7ccccc7)cc(C(C)(C)c7ccccc7)c6)cc5)cc(C(C)(C)c5ccccc5)c4)ccc3c3cc(-c4ccccc4)ccc32)c1.[Pt]. The molecule has 6 heteroatoms. The van der Waals surface area contributed by atoms with E-state index in [0.29, 0.717) is 11.5 Å². The van der Waals surface area contributed by atoms with E-state index in [1.807, 2.05) is 16.8 Å². The van der Waals surface area contributed by atoms with Crippen LogP contribution >= 0.6 is 0 Å². The number of rotatable bonds is 12. The number of ether oxygens (including phenoxy) is 1. The smallest absolute Gasteiger partial charge is 0.267 e. The Hall–Kier alpha value is -7.59. The fraction of sp³-hybridized carbons (Fsp3) is 0.188. The van der Waals surface area contributed by atoms with Crippen LogP contribution in [-0.4, -0.2) is 14.1 Å². The van der Waals surface area contributed by atoms with Gasteiger partial charge in [0.2, 0.25) is 0 Å². The van der Waals surface area contributed by atoms with E-state index in [-0.39, 0.29) is 42.7 Å². The van der Waals surface area contributed by atoms with Gasteiger partial charge in [0, 0.05) is 67.5 Å². The monoisotopic (exact) mass is 1160 g/mol. The molecule has 0 N–H and O–H groups in total. The summed E-state index contributed by atoms with van der Waals surface area (Å²) in [5, 5.41) is 2.18. The number of fused-ring (bicyclic) bond motifs is 3. The summed E-state index contributed by atoms with van der Waals surface area (Å²) in [6.07, 6.45) is 9.78. The Morgan fingerprint density at radius 2 is 1.03 bits per heavy atom. The molecule has 11 aromatic rings. The van der Waals surface area contributed by atoms with Gasteiger partial charge in [0.1, 0.15) is 5.82 Å². The van der Waals surface area contributed by atoms with Crippen molar-refractivity contribution in [1.82, 2.24) is 14.1 Å². The van der Waals surface area contributed by atoms with Crippen molar-refractivity contribution in [3.8, 4) is 39.8 Å². The molecule has 5 nitrogen and oxygen atoms in total. The first-order chi connectivity index (χ1) is 35.5. The molecule has 75 heavy (non-hydrogen) atoms. The Labute approximate surface area is 457 Å². The van der Waals surface area contributed by atoms with Gasteiger partial charge in [0.25, 0.3) is 6.33 Å². The summed E-state index contributed by atoms with van der Waals surface area (Å²) in [6, 6.07) is 76.7. The zero-order valence-electron chi connectivity index (χ0n) is 44.2. The normalized spacial score (nSPS) is 12.2. The van der Waals surface area contributed by atoms with Gasteiger partial charge < -0.3 is 13.9 Å². The van der Waals surface area contributed by atoms with Gasteiger partial charge in [-0.25, -0.2) is 4.98 Å². The predicted octanol–water partition coefficient (Wildman–Crippen LogP) is 16.4. The number of hydrogen-bond donors (Lipinski definition) is 0. The number of hydrogen-bond acceptors (Lipinski definition) is 2. The minimum Gasteiger partial charge on any atom is -0.510 e. The summed E-state index contributed by atoms with van der Waals surface area (Å²) in [4.78, 5) is 4.98. The molecule has 0 atom stereocenters. The zero-order valence-corrected chi connectivity index (χ0v) is 46.5. The van der Waals surface area contributed by atoms with Gasteiger partial charge in [-0.05, 0) is 96.7 Å². The fourth-order valence-corrected chi connectivity index (χ4v) is 10.4. The molecule has 0 radical (unpaired) electrons. The molecule has 0 unspecified atom stereocenters. The van der Waals surface area contributed by atoms with Crippen LogP contribution in [0.15, 0.2) is 213 Å². The Balaban J connectivity index is 0.00000641. The van der Waals surface area contributed by atoms with Crippen molar-refractivity contribution < 1.29 is 30.4 Å². The minimum absolute atomic E-state index is 0. The molecule has 0 aliphatic heterocycles. The number of pyridine rings is 1. The maximum Gasteiger partial charge on any atom is 0.267 e. The van der Waals surface area contributed by atoms with Crippen LogP contribution in [0.3, 0.4) is 0 Å². The standard InChI is InChI=1S/C69H62N4O.Pt/c1-66(2,3)53-34-35-70-65(44-53)73-63-33-30-49(48-22-14-10-15-23-48)38-62(63)61-32-31-59(46-64(61)73)74-60-43-56(69(8,9)52-28-20-13-21-29-52)42-58(45-60)72-37-36-71(47-72)57-40-54(67(4,5)50-24-16-11-17-25-50)39-55(41-57)68(6,7)51-26-18-12-19-27-51;/h10-44H,1-9H3;/q-2;. The van der Waals surface area contributed by atoms with E-state index in [1.165, 1.54) is 38.9 Å². The molecule has 376 valence electrons. The van der Waals surface area contributed by atoms with Crippen LogP contribution < -0.4 is 9.30 Å². The molecule has 0 aliphatic carbocycles. The summed E-state index contributed by atoms with van der Waals surface area (Å²) in [7, 11) is 0. The van der Waals surface area contributed by atoms with Crippen molar-refractivity contribution >= 4 is 21.8 Å². The van der Waals surface area contributed by atoms with Gasteiger partial charge in [-0.3, -0.25) is 4.57 Å². The van der Waals surface area contributed by atoms with Crippen molar-refractivity contribution in [2.75, 3.05) is 0 Å². The summed E-state index contributed by atoms with van der Waals surface area (Å²) >= 11 is 0. The van der Waals surface area contributed by atoms with Gasteiger partial charge in [-0.2, -0.15) is 12.1 Å². The van der Waals surface area contributed by atoms with Gasteiger partial charge >= 0.3 is 0 Å². The fourth-order valence-electron chi connectivity index (χ4n) is 10.4. The molecule has 0 aliphatic rings. The molecule has 3 aromatic heterocycles. The van der Waals surface area contributed by atoms with Gasteiger partial charge in [0.05, 0.1) is 5.69 Å². The van der Waals surface area contributed by atoms with Crippen molar-refractivity contribution in [2.45, 2.75) is 84.0 Å². The first-order valence-corrected chi connectivity index (χ1v) is 25.7. The zero-order chi connectivity index (χ0) is 51.4. The average molecular weight is 1160 g/mol. The van der Waals surface area contributed by atoms with Gasteiger partial charge in [0.15, 0.2) is 0 Å². The molecular formula is C69H62N4OPt-2. The second kappa shape index (κ2) is 19.9. The number of benzene rings is 8. The average Bonchev–Trinajstić information content (AvgIpc) is 4.06. The quantitative estimate of drug-likeness (QED) is 0.0903. The Kier molecular flexibility index (Phi) is 13.5. The molecule has 0 saturated carbocycles. The molecular weight excluding hydrogens is 1100 g/mol. The molecule has 0 fully saturated rings. The minimum atomic E-state index is -0.387. The van der Waals surface area contributed by atoms with Crippen molar-refractivity contribution in [3.63, 3.8) is 0 Å². The van der Waals surface area contributed by atoms with E-state index in [1.54, 1.807) is 0 Å². The third-order valence-electron chi connectivity index (χ3n) is 15.3. The van der Waals surface area contributed by atoms with E-state index in [0.717, 1.165) is 50.1 Å². The second-order valence-electron chi connectivity index (χ2n) is 22.3. The van der Waals surface area contributed by atoms with Crippen LogP contribution in [0.2, 0.25) is 0 Å². The summed E-state index contributed by atoms with van der Waals surface area (Å²) in [5.74, 6) is 1.98. The molecule has 0 spiro atoms. The van der Waals surface area contributed by atoms with Crippen LogP contribution in [0.4, 0.5) is 0 Å². The van der Waals surface area contributed by atoms with Crippen LogP contribution in [0, 0.1) is 18.5 Å². The van der Waals surface area contributed by atoms with E-state index < -0.39 is 0 Å². The molecule has 0 bridgehead atoms. The van der Waals surface area contributed by atoms with E-state index in [2.05, 4.69) is 290 Å². The Morgan fingerprint density at radius 3 is 1.60 bits per heavy atom. The maximum absolute atomic E-state index is 6.98. The third kappa shape index (κ3) is 9.83. The Bertz CT molecular complexity index is 3740. The van der Waals surface area contributed by atoms with Crippen molar-refractivity contribution in [1.29, 1.82) is 0 Å². The van der Waals surface area contributed by atoms with Crippen molar-refractivity contribution in [3.05, 3.63) is 270 Å². The molecule has 11 rings (SSSR count). The number of nitrogens with zero attached hydrogens (tertiary/aromatic N) is 4. The van der Waals surface area contributed by atoms with Crippen LogP contribution in [0.5, 0.6) is 11.5 Å². The topological polar surface area (TPSA) is 35.9 Å². The largest absolute Gasteiger partial charge is 0.510 e. The summed E-state index contributed by atoms with van der Waals surface area (Å²) < 4.78 is 13.3. The molecule has 0 amide bonds. The number of imidazole rings is 1. The molecule has 8 aromatic carbocycles. The Morgan fingerprint density at radius 1 is 0.467 bits per heavy atom. The second-order valence-corrected chi connectivity index (χ2v) is 22.3. The summed E-state index contributed by atoms with van der Waals surface area (Å²) in [5.41, 5.74) is 13.5. The van der Waals surface area contributed by atoms with Crippen LogP contribution in [-0.2, 0) is 42.7 Å². The first kappa shape index (κ1) is 50.9. The van der Waals surface area contributed by atoms with E-state index in [4.69, 9.17) is 9.72 Å². The molecule has 3 heterocycles. The van der Waals surface area contributed by atoms with E-state index in [9.17, 15) is 0 Å². The number of aromatic nitrogens is 4. The van der Waals surface area contributed by atoms with E-state index >= 15 is 0 Å². The van der Waals surface area contributed by atoms with Crippen LogP contribution in [0.1, 0.15) is 101 Å². The predicted molar refractivity (Wildman–Crippen MR) is 302 cm³/mol. The van der Waals surface area contributed by atoms with Gasteiger partial charge in [-0.15, -0.1) is 35.2 Å². The molecule has 0 saturated heterocycles. The van der Waals surface area contributed by atoms with Crippen molar-refractivity contribution in [2.24, 2.45) is 0 Å². The maximum atomic E-state index is 6.98. The first-order valence-electron chi connectivity index (χ1n) is 25.7. The summed E-state index contributed by atoms with van der Waals surface area (Å²) in [6.45, 7) is 20.5.